The molecule has 168 valence electrons. The number of hydrogen-bond donors (Lipinski definition) is 0. The zero-order valence-electron chi connectivity index (χ0n) is 18.4. The van der Waals surface area contributed by atoms with E-state index in [1.54, 1.807) is 12.0 Å². The first-order chi connectivity index (χ1) is 16.6. The monoisotopic (exact) mass is 483 g/mol. The third-order valence-electron chi connectivity index (χ3n) is 5.47. The van der Waals surface area contributed by atoms with E-state index in [4.69, 9.17) is 22.1 Å². The van der Waals surface area contributed by atoms with Crippen LogP contribution in [-0.4, -0.2) is 32.0 Å². The summed E-state index contributed by atoms with van der Waals surface area (Å²) in [6.45, 7) is 0.417. The molecule has 34 heavy (non-hydrogen) atoms. The molecule has 4 aromatic rings. The first-order valence-electron chi connectivity index (χ1n) is 10.7. The fourth-order valence-corrected chi connectivity index (χ4v) is 4.96. The minimum Gasteiger partial charge on any atom is -0.497 e. The number of ether oxygens (including phenoxy) is 1. The third-order valence-corrected chi connectivity index (χ3v) is 6.85. The van der Waals surface area contributed by atoms with E-state index in [0.717, 1.165) is 33.8 Å². The Morgan fingerprint density at radius 2 is 1.65 bits per heavy atom. The van der Waals surface area contributed by atoms with Crippen LogP contribution in [0.25, 0.3) is 23.0 Å². The quantitative estimate of drug-likeness (QED) is 0.251. The molecule has 0 radical (unpaired) electrons. The molecule has 1 aromatic heterocycles. The molecule has 0 atom stereocenters. The van der Waals surface area contributed by atoms with Crippen LogP contribution in [0.1, 0.15) is 11.1 Å². The number of thiocarbonyl (C=S) groups is 1. The molecule has 0 bridgehead atoms. The van der Waals surface area contributed by atoms with E-state index >= 15 is 0 Å². The second kappa shape index (κ2) is 9.67. The highest BCUT2D eigenvalue weighted by Crippen LogP contribution is 2.35. The van der Waals surface area contributed by atoms with Crippen molar-refractivity contribution in [3.05, 3.63) is 107 Å². The van der Waals surface area contributed by atoms with Gasteiger partial charge in [-0.05, 0) is 35.9 Å². The van der Waals surface area contributed by atoms with Gasteiger partial charge in [0, 0.05) is 17.3 Å². The van der Waals surface area contributed by atoms with Crippen molar-refractivity contribution in [1.29, 1.82) is 0 Å². The predicted octanol–water partition coefficient (Wildman–Crippen LogP) is 5.95. The van der Waals surface area contributed by atoms with Gasteiger partial charge in [-0.1, -0.05) is 84.6 Å². The summed E-state index contributed by atoms with van der Waals surface area (Å²) in [5, 5.41) is 4.83. The maximum absolute atomic E-state index is 13.3. The second-order valence-electron chi connectivity index (χ2n) is 7.70. The molecule has 2 heterocycles. The van der Waals surface area contributed by atoms with Gasteiger partial charge in [-0.2, -0.15) is 5.10 Å². The van der Waals surface area contributed by atoms with E-state index in [-0.39, 0.29) is 5.91 Å². The molecule has 1 fully saturated rings. The van der Waals surface area contributed by atoms with E-state index in [2.05, 4.69) is 0 Å². The van der Waals surface area contributed by atoms with Gasteiger partial charge in [0.05, 0.1) is 29.9 Å². The highest BCUT2D eigenvalue weighted by atomic mass is 32.2. The lowest BCUT2D eigenvalue weighted by atomic mass is 10.1. The summed E-state index contributed by atoms with van der Waals surface area (Å²) in [6.07, 6.45) is 3.84. The summed E-state index contributed by atoms with van der Waals surface area (Å²) in [4.78, 5) is 15.5. The van der Waals surface area contributed by atoms with Crippen LogP contribution in [0.15, 0.2) is 96.0 Å². The molecule has 3 aromatic carbocycles. The summed E-state index contributed by atoms with van der Waals surface area (Å²) in [6, 6.07) is 27.5. The van der Waals surface area contributed by atoms with Crippen molar-refractivity contribution in [3.8, 4) is 22.7 Å². The number of methoxy groups -OCH3 is 1. The smallest absolute Gasteiger partial charge is 0.266 e. The zero-order chi connectivity index (χ0) is 23.5. The summed E-state index contributed by atoms with van der Waals surface area (Å²) in [5.41, 5.74) is 4.59. The molecule has 0 N–H and O–H groups in total. The average Bonchev–Trinajstić information content (AvgIpc) is 3.42. The molecule has 1 amide bonds. The Labute approximate surface area is 207 Å². The molecule has 5 rings (SSSR count). The van der Waals surface area contributed by atoms with Crippen LogP contribution in [0, 0.1) is 0 Å². The molecule has 7 heteroatoms. The minimum absolute atomic E-state index is 0.0997. The van der Waals surface area contributed by atoms with Gasteiger partial charge in [-0.3, -0.25) is 9.69 Å². The van der Waals surface area contributed by atoms with Crippen molar-refractivity contribution in [2.75, 3.05) is 7.11 Å². The van der Waals surface area contributed by atoms with Gasteiger partial charge in [0.2, 0.25) is 0 Å². The Morgan fingerprint density at radius 3 is 2.32 bits per heavy atom. The van der Waals surface area contributed by atoms with Crippen LogP contribution >= 0.6 is 24.0 Å². The molecule has 1 aliphatic rings. The minimum atomic E-state index is -0.0997. The summed E-state index contributed by atoms with van der Waals surface area (Å²) >= 11 is 6.87. The number of para-hydroxylation sites is 1. The van der Waals surface area contributed by atoms with Crippen LogP contribution < -0.4 is 4.74 Å². The van der Waals surface area contributed by atoms with Gasteiger partial charge in [0.25, 0.3) is 5.91 Å². The number of nitrogens with zero attached hydrogens (tertiary/aromatic N) is 3. The standard InChI is InChI=1S/C27H21N3O2S2/c1-32-23-14-12-19(13-15-23)17-29-26(31)24(34-27(29)33)16-21-18-30(22-10-6-3-7-11-22)28-25(21)20-8-4-2-5-9-20/h2-16,18H,17H2,1H3. The van der Waals surface area contributed by atoms with Crippen molar-refractivity contribution >= 4 is 40.3 Å². The third kappa shape index (κ3) is 4.53. The first kappa shape index (κ1) is 22.1. The number of benzene rings is 3. The molecule has 1 saturated heterocycles. The maximum atomic E-state index is 13.3. The SMILES string of the molecule is COc1ccc(CN2C(=O)C(=Cc3cn(-c4ccccc4)nc3-c3ccccc3)SC2=S)cc1. The summed E-state index contributed by atoms with van der Waals surface area (Å²) in [5.74, 6) is 0.676. The van der Waals surface area contributed by atoms with Crippen LogP contribution in [0.5, 0.6) is 5.75 Å². The van der Waals surface area contributed by atoms with Crippen LogP contribution in [0.4, 0.5) is 0 Å². The maximum Gasteiger partial charge on any atom is 0.266 e. The van der Waals surface area contributed by atoms with Gasteiger partial charge < -0.3 is 4.74 Å². The Morgan fingerprint density at radius 1 is 0.971 bits per heavy atom. The normalized spacial score (nSPS) is 14.7. The van der Waals surface area contributed by atoms with Gasteiger partial charge in [0.1, 0.15) is 10.1 Å². The fraction of sp³-hybridized carbons (Fsp3) is 0.0741. The van der Waals surface area contributed by atoms with Crippen molar-refractivity contribution < 1.29 is 9.53 Å². The number of thioether (sulfide) groups is 1. The lowest BCUT2D eigenvalue weighted by Crippen LogP contribution is -2.27. The van der Waals surface area contributed by atoms with E-state index in [1.165, 1.54) is 11.8 Å². The average molecular weight is 484 g/mol. The molecule has 1 aliphatic heterocycles. The van der Waals surface area contributed by atoms with Gasteiger partial charge in [-0.25, -0.2) is 4.68 Å². The fourth-order valence-electron chi connectivity index (χ4n) is 3.72. The molecule has 0 aliphatic carbocycles. The van der Waals surface area contributed by atoms with Crippen molar-refractivity contribution in [1.82, 2.24) is 14.7 Å². The van der Waals surface area contributed by atoms with Crippen LogP contribution in [0.3, 0.4) is 0 Å². The van der Waals surface area contributed by atoms with E-state index in [9.17, 15) is 4.79 Å². The molecule has 5 nitrogen and oxygen atoms in total. The largest absolute Gasteiger partial charge is 0.497 e. The van der Waals surface area contributed by atoms with E-state index in [0.29, 0.717) is 15.8 Å². The summed E-state index contributed by atoms with van der Waals surface area (Å²) < 4.78 is 7.60. The van der Waals surface area contributed by atoms with E-state index in [1.807, 2.05) is 102 Å². The topological polar surface area (TPSA) is 47.4 Å². The number of amides is 1. The molecule has 0 unspecified atom stereocenters. The Balaban J connectivity index is 1.48. The highest BCUT2D eigenvalue weighted by molar-refractivity contribution is 8.26. The Hall–Kier alpha value is -3.68. The van der Waals surface area contributed by atoms with Crippen LogP contribution in [-0.2, 0) is 11.3 Å². The van der Waals surface area contributed by atoms with Crippen molar-refractivity contribution in [2.24, 2.45) is 0 Å². The van der Waals surface area contributed by atoms with Gasteiger partial charge in [-0.15, -0.1) is 0 Å². The Kier molecular flexibility index (Phi) is 6.29. The number of hydrogen-bond acceptors (Lipinski definition) is 5. The molecule has 0 spiro atoms. The number of aromatic nitrogens is 2. The lowest BCUT2D eigenvalue weighted by Gasteiger charge is -2.14. The highest BCUT2D eigenvalue weighted by Gasteiger charge is 2.32. The first-order valence-corrected chi connectivity index (χ1v) is 11.9. The number of carbonyl (C=O) groups excluding carboxylic acids is 1. The predicted molar refractivity (Wildman–Crippen MR) is 141 cm³/mol. The zero-order valence-corrected chi connectivity index (χ0v) is 20.1. The summed E-state index contributed by atoms with van der Waals surface area (Å²) in [7, 11) is 1.63. The van der Waals surface area contributed by atoms with Crippen molar-refractivity contribution in [2.45, 2.75) is 6.54 Å². The van der Waals surface area contributed by atoms with Crippen LogP contribution in [0.2, 0.25) is 0 Å². The lowest BCUT2D eigenvalue weighted by molar-refractivity contribution is -0.122. The Bertz CT molecular complexity index is 1360. The second-order valence-corrected chi connectivity index (χ2v) is 9.37. The molecular formula is C27H21N3O2S2. The molecular weight excluding hydrogens is 462 g/mol. The number of carbonyl (C=O) groups is 1. The van der Waals surface area contributed by atoms with Gasteiger partial charge >= 0.3 is 0 Å². The van der Waals surface area contributed by atoms with Crippen molar-refractivity contribution in [3.63, 3.8) is 0 Å². The van der Waals surface area contributed by atoms with Gasteiger partial charge in [0.15, 0.2) is 0 Å². The number of rotatable bonds is 6. The van der Waals surface area contributed by atoms with E-state index < -0.39 is 0 Å². The molecule has 0 saturated carbocycles.